The molecule has 0 radical (unpaired) electrons. The number of Topliss-reactive ketones (excluding diaryl/α,β-unsaturated/α-hetero) is 1. The summed E-state index contributed by atoms with van der Waals surface area (Å²) in [7, 11) is 0. The molecule has 1 unspecified atom stereocenters. The normalized spacial score (nSPS) is 11.9. The van der Waals surface area contributed by atoms with Crippen LogP contribution < -0.4 is 0 Å². The van der Waals surface area contributed by atoms with E-state index in [0.717, 1.165) is 12.8 Å². The molecule has 146 valence electrons. The van der Waals surface area contributed by atoms with Crippen LogP contribution in [-0.4, -0.2) is 29.6 Å². The van der Waals surface area contributed by atoms with E-state index >= 15 is 0 Å². The minimum absolute atomic E-state index is 0.0426. The summed E-state index contributed by atoms with van der Waals surface area (Å²) in [5, 5.41) is 9.92. The van der Waals surface area contributed by atoms with Crippen LogP contribution in [0.4, 0.5) is 0 Å². The molecular formula is C22H34O4. The summed E-state index contributed by atoms with van der Waals surface area (Å²) in [5.74, 6) is -0.745. The average Bonchev–Trinajstić information content (AvgIpc) is 2.65. The Kier molecular flexibility index (Phi) is 12.5. The number of benzene rings is 1. The molecule has 0 aliphatic carbocycles. The van der Waals surface area contributed by atoms with Gasteiger partial charge in [0.15, 0.2) is 12.4 Å². The number of unbranched alkanes of at least 4 members (excludes halogenated alkanes) is 8. The van der Waals surface area contributed by atoms with E-state index in [-0.39, 0.29) is 18.8 Å². The Hall–Kier alpha value is -1.68. The predicted molar refractivity (Wildman–Crippen MR) is 104 cm³/mol. The number of aliphatic hydroxyl groups excluding tert-OH is 1. The van der Waals surface area contributed by atoms with Crippen molar-refractivity contribution in [2.24, 2.45) is 0 Å². The zero-order valence-corrected chi connectivity index (χ0v) is 16.1. The van der Waals surface area contributed by atoms with Crippen molar-refractivity contribution < 1.29 is 19.4 Å². The van der Waals surface area contributed by atoms with E-state index in [4.69, 9.17) is 4.74 Å². The molecule has 0 aliphatic rings. The first kappa shape index (κ1) is 22.4. The zero-order valence-electron chi connectivity index (χ0n) is 16.1. The van der Waals surface area contributed by atoms with Crippen LogP contribution in [0.2, 0.25) is 0 Å². The largest absolute Gasteiger partial charge is 0.457 e. The van der Waals surface area contributed by atoms with Gasteiger partial charge < -0.3 is 9.84 Å². The molecule has 1 aromatic rings. The molecular weight excluding hydrogens is 328 g/mol. The van der Waals surface area contributed by atoms with Crippen molar-refractivity contribution in [3.05, 3.63) is 35.9 Å². The van der Waals surface area contributed by atoms with Gasteiger partial charge in [0, 0.05) is 5.56 Å². The molecule has 0 amide bonds. The van der Waals surface area contributed by atoms with Crippen molar-refractivity contribution >= 4 is 11.8 Å². The van der Waals surface area contributed by atoms with Crippen molar-refractivity contribution in [1.29, 1.82) is 0 Å². The Bertz CT molecular complexity index is 498. The van der Waals surface area contributed by atoms with E-state index in [1.54, 1.807) is 24.3 Å². The molecule has 1 aromatic carbocycles. The van der Waals surface area contributed by atoms with E-state index in [1.165, 1.54) is 44.9 Å². The number of hydrogen-bond donors (Lipinski definition) is 1. The molecule has 26 heavy (non-hydrogen) atoms. The number of ether oxygens (including phenoxy) is 1. The van der Waals surface area contributed by atoms with Gasteiger partial charge in [-0.25, -0.2) is 0 Å². The fraction of sp³-hybridized carbons (Fsp3) is 0.636. The first-order chi connectivity index (χ1) is 12.6. The quantitative estimate of drug-likeness (QED) is 0.268. The fourth-order valence-electron chi connectivity index (χ4n) is 2.90. The SMILES string of the molecule is CCCCCCCCCCCC(O)CC(=O)OCC(=O)c1ccccc1. The van der Waals surface area contributed by atoms with E-state index in [2.05, 4.69) is 6.92 Å². The number of esters is 1. The molecule has 0 saturated carbocycles. The van der Waals surface area contributed by atoms with Crippen molar-refractivity contribution in [2.75, 3.05) is 6.61 Å². The van der Waals surface area contributed by atoms with Crippen molar-refractivity contribution in [3.63, 3.8) is 0 Å². The summed E-state index contributed by atoms with van der Waals surface area (Å²) >= 11 is 0. The maximum Gasteiger partial charge on any atom is 0.308 e. The summed E-state index contributed by atoms with van der Waals surface area (Å²) in [6.07, 6.45) is 10.9. The predicted octanol–water partition coefficient (Wildman–Crippen LogP) is 5.08. The molecule has 1 rings (SSSR count). The van der Waals surface area contributed by atoms with Gasteiger partial charge in [-0.3, -0.25) is 9.59 Å². The van der Waals surface area contributed by atoms with Gasteiger partial charge in [0.25, 0.3) is 0 Å². The molecule has 0 bridgehead atoms. The second-order valence-electron chi connectivity index (χ2n) is 6.92. The highest BCUT2D eigenvalue weighted by Crippen LogP contribution is 2.12. The Morgan fingerprint density at radius 3 is 2.12 bits per heavy atom. The molecule has 1 atom stereocenters. The maximum atomic E-state index is 11.9. The lowest BCUT2D eigenvalue weighted by Gasteiger charge is -2.10. The molecule has 4 heteroatoms. The highest BCUT2D eigenvalue weighted by Gasteiger charge is 2.14. The Labute approximate surface area is 158 Å². The third-order valence-corrected chi connectivity index (χ3v) is 4.50. The van der Waals surface area contributed by atoms with Crippen LogP contribution in [0.1, 0.15) is 87.9 Å². The average molecular weight is 363 g/mol. The number of hydrogen-bond acceptors (Lipinski definition) is 4. The molecule has 0 saturated heterocycles. The number of carbonyl (C=O) groups is 2. The van der Waals surface area contributed by atoms with Gasteiger partial charge in [-0.05, 0) is 6.42 Å². The Morgan fingerprint density at radius 1 is 0.923 bits per heavy atom. The maximum absolute atomic E-state index is 11.9. The second kappa shape index (κ2) is 14.5. The lowest BCUT2D eigenvalue weighted by molar-refractivity contribution is -0.144. The Balaban J connectivity index is 2.02. The van der Waals surface area contributed by atoms with Crippen LogP contribution in [-0.2, 0) is 9.53 Å². The Morgan fingerprint density at radius 2 is 1.50 bits per heavy atom. The topological polar surface area (TPSA) is 63.6 Å². The minimum Gasteiger partial charge on any atom is -0.457 e. The summed E-state index contributed by atoms with van der Waals surface area (Å²) in [6, 6.07) is 8.74. The van der Waals surface area contributed by atoms with Gasteiger partial charge in [0.2, 0.25) is 0 Å². The molecule has 0 aromatic heterocycles. The summed E-state index contributed by atoms with van der Waals surface area (Å²) in [6.45, 7) is 1.95. The lowest BCUT2D eigenvalue weighted by atomic mass is 10.0. The number of ketones is 1. The number of aliphatic hydroxyl groups is 1. The second-order valence-corrected chi connectivity index (χ2v) is 6.92. The van der Waals surface area contributed by atoms with Crippen molar-refractivity contribution in [2.45, 2.75) is 83.7 Å². The molecule has 0 heterocycles. The molecule has 0 fully saturated rings. The van der Waals surface area contributed by atoms with Crippen LogP contribution in [0.5, 0.6) is 0 Å². The van der Waals surface area contributed by atoms with Gasteiger partial charge in [0.1, 0.15) is 0 Å². The summed E-state index contributed by atoms with van der Waals surface area (Å²) < 4.78 is 4.97. The summed E-state index contributed by atoms with van der Waals surface area (Å²) in [5.41, 5.74) is 0.524. The van der Waals surface area contributed by atoms with E-state index in [9.17, 15) is 14.7 Å². The number of carbonyl (C=O) groups excluding carboxylic acids is 2. The van der Waals surface area contributed by atoms with Crippen molar-refractivity contribution in [3.8, 4) is 0 Å². The highest BCUT2D eigenvalue weighted by atomic mass is 16.5. The van der Waals surface area contributed by atoms with Gasteiger partial charge in [-0.2, -0.15) is 0 Å². The van der Waals surface area contributed by atoms with Crippen LogP contribution >= 0.6 is 0 Å². The van der Waals surface area contributed by atoms with Crippen LogP contribution in [0, 0.1) is 0 Å². The third kappa shape index (κ3) is 11.0. The summed E-state index contributed by atoms with van der Waals surface area (Å²) in [4.78, 5) is 23.6. The molecule has 0 spiro atoms. The highest BCUT2D eigenvalue weighted by molar-refractivity contribution is 5.97. The van der Waals surface area contributed by atoms with Gasteiger partial charge in [0.05, 0.1) is 12.5 Å². The molecule has 4 nitrogen and oxygen atoms in total. The van der Waals surface area contributed by atoms with Crippen LogP contribution in [0.25, 0.3) is 0 Å². The third-order valence-electron chi connectivity index (χ3n) is 4.50. The van der Waals surface area contributed by atoms with Gasteiger partial charge in [-0.1, -0.05) is 95.0 Å². The fourth-order valence-corrected chi connectivity index (χ4v) is 2.90. The van der Waals surface area contributed by atoms with E-state index in [1.807, 2.05) is 6.07 Å². The standard InChI is InChI=1S/C22H34O4/c1-2-3-4-5-6-7-8-9-13-16-20(23)17-22(25)26-18-21(24)19-14-11-10-12-15-19/h10-12,14-15,20,23H,2-9,13,16-18H2,1H3. The van der Waals surface area contributed by atoms with E-state index < -0.39 is 12.1 Å². The first-order valence-electron chi connectivity index (χ1n) is 10.1. The zero-order chi connectivity index (χ0) is 19.0. The van der Waals surface area contributed by atoms with Gasteiger partial charge >= 0.3 is 5.97 Å². The van der Waals surface area contributed by atoms with Gasteiger partial charge in [-0.15, -0.1) is 0 Å². The van der Waals surface area contributed by atoms with Crippen LogP contribution in [0.3, 0.4) is 0 Å². The number of rotatable bonds is 15. The van der Waals surface area contributed by atoms with E-state index in [0.29, 0.717) is 12.0 Å². The van der Waals surface area contributed by atoms with Crippen LogP contribution in [0.15, 0.2) is 30.3 Å². The molecule has 1 N–H and O–H groups in total. The van der Waals surface area contributed by atoms with Crippen molar-refractivity contribution in [1.82, 2.24) is 0 Å². The smallest absolute Gasteiger partial charge is 0.308 e. The lowest BCUT2D eigenvalue weighted by Crippen LogP contribution is -2.19. The first-order valence-corrected chi connectivity index (χ1v) is 10.1. The molecule has 0 aliphatic heterocycles. The monoisotopic (exact) mass is 362 g/mol. The minimum atomic E-state index is -0.682.